The standard InChI is InChI=1S/C19H17F2N2O/c1-4-12-15-9-11(20)10-16(21)18(15)23(22(2)3)17(12)13-7-5-6-8-14(13)19(23)24/h5-10H,4H2,1-3H3/q+1. The Morgan fingerprint density at radius 3 is 2.33 bits per heavy atom. The lowest BCUT2D eigenvalue weighted by Gasteiger charge is -2.34. The predicted molar refractivity (Wildman–Crippen MR) is 89.7 cm³/mol. The van der Waals surface area contributed by atoms with E-state index in [-0.39, 0.29) is 16.2 Å². The van der Waals surface area contributed by atoms with Crippen molar-refractivity contribution >= 4 is 22.9 Å². The summed E-state index contributed by atoms with van der Waals surface area (Å²) in [6.07, 6.45) is 0.584. The predicted octanol–water partition coefficient (Wildman–Crippen LogP) is 4.19. The van der Waals surface area contributed by atoms with E-state index >= 15 is 0 Å². The Labute approximate surface area is 139 Å². The van der Waals surface area contributed by atoms with Gasteiger partial charge in [-0.15, -0.1) is 9.60 Å². The summed E-state index contributed by atoms with van der Waals surface area (Å²) in [5, 5.41) is 1.69. The molecular formula is C19H17F2N2O+. The number of hydrogen-bond donors (Lipinski definition) is 0. The van der Waals surface area contributed by atoms with Crippen LogP contribution in [0, 0.1) is 11.6 Å². The van der Waals surface area contributed by atoms with Crippen LogP contribution < -0.4 is 4.59 Å². The molecular weight excluding hydrogens is 310 g/mol. The maximum Gasteiger partial charge on any atom is 0.376 e. The van der Waals surface area contributed by atoms with Gasteiger partial charge in [-0.05, 0) is 24.6 Å². The van der Waals surface area contributed by atoms with Gasteiger partial charge in [0.15, 0.2) is 11.5 Å². The molecule has 24 heavy (non-hydrogen) atoms. The van der Waals surface area contributed by atoms with Crippen molar-refractivity contribution in [1.82, 2.24) is 9.60 Å². The van der Waals surface area contributed by atoms with E-state index in [1.165, 1.54) is 6.07 Å². The largest absolute Gasteiger partial charge is 0.376 e. The van der Waals surface area contributed by atoms with Crippen LogP contribution in [0.4, 0.5) is 14.5 Å². The number of carbonyl (C=O) groups is 1. The Kier molecular flexibility index (Phi) is 3.04. The highest BCUT2D eigenvalue weighted by Gasteiger charge is 2.62. The summed E-state index contributed by atoms with van der Waals surface area (Å²) in [6.45, 7) is 1.94. The molecule has 1 atom stereocenters. The Hall–Kier alpha value is -2.37. The van der Waals surface area contributed by atoms with E-state index in [0.29, 0.717) is 17.5 Å². The molecule has 0 aliphatic carbocycles. The fraction of sp³-hybridized carbons (Fsp3) is 0.211. The Bertz CT molecular complexity index is 933. The Morgan fingerprint density at radius 1 is 1.04 bits per heavy atom. The molecule has 2 aliphatic heterocycles. The van der Waals surface area contributed by atoms with Gasteiger partial charge in [0.25, 0.3) is 0 Å². The van der Waals surface area contributed by atoms with Gasteiger partial charge in [0.2, 0.25) is 5.69 Å². The topological polar surface area (TPSA) is 20.3 Å². The van der Waals surface area contributed by atoms with Gasteiger partial charge in [0, 0.05) is 25.7 Å². The van der Waals surface area contributed by atoms with E-state index in [2.05, 4.69) is 0 Å². The van der Waals surface area contributed by atoms with E-state index in [0.717, 1.165) is 22.9 Å². The SMILES string of the molecule is CCC1=C2c3ccccc3C(=O)[N+]2(N(C)C)c2c(F)cc(F)cc21. The number of allylic oxidation sites excluding steroid dienone is 1. The summed E-state index contributed by atoms with van der Waals surface area (Å²) >= 11 is 0. The van der Waals surface area contributed by atoms with Gasteiger partial charge < -0.3 is 0 Å². The van der Waals surface area contributed by atoms with Crippen LogP contribution in [0.15, 0.2) is 36.4 Å². The molecule has 2 aliphatic rings. The highest BCUT2D eigenvalue weighted by atomic mass is 19.1. The van der Waals surface area contributed by atoms with Crippen LogP contribution in [-0.2, 0) is 0 Å². The van der Waals surface area contributed by atoms with Gasteiger partial charge in [-0.1, -0.05) is 19.1 Å². The first-order valence-corrected chi connectivity index (χ1v) is 7.89. The molecule has 0 spiro atoms. The first-order chi connectivity index (χ1) is 11.4. The lowest BCUT2D eigenvalue weighted by atomic mass is 9.98. The minimum Gasteiger partial charge on any atom is -0.222 e. The summed E-state index contributed by atoms with van der Waals surface area (Å²) in [5.74, 6) is -1.53. The molecule has 1 amide bonds. The zero-order valence-corrected chi connectivity index (χ0v) is 13.7. The van der Waals surface area contributed by atoms with Crippen molar-refractivity contribution in [2.24, 2.45) is 0 Å². The van der Waals surface area contributed by atoms with E-state index in [9.17, 15) is 13.6 Å². The van der Waals surface area contributed by atoms with E-state index < -0.39 is 11.6 Å². The van der Waals surface area contributed by atoms with Gasteiger partial charge in [-0.2, -0.15) is 0 Å². The quantitative estimate of drug-likeness (QED) is 0.771. The van der Waals surface area contributed by atoms with Crippen molar-refractivity contribution < 1.29 is 13.6 Å². The van der Waals surface area contributed by atoms with Crippen LogP contribution in [0.3, 0.4) is 0 Å². The van der Waals surface area contributed by atoms with Crippen LogP contribution in [0.25, 0.3) is 11.3 Å². The summed E-state index contributed by atoms with van der Waals surface area (Å²) in [5.41, 5.74) is 3.62. The average molecular weight is 327 g/mol. The molecule has 4 rings (SSSR count). The molecule has 0 saturated heterocycles. The second-order valence-electron chi connectivity index (χ2n) is 6.30. The van der Waals surface area contributed by atoms with Crippen molar-refractivity contribution in [3.63, 3.8) is 0 Å². The normalized spacial score (nSPS) is 21.3. The lowest BCUT2D eigenvalue weighted by Crippen LogP contribution is -2.57. The molecule has 2 aromatic carbocycles. The number of quaternary nitrogens is 1. The first kappa shape index (κ1) is 15.2. The number of halogens is 2. The molecule has 0 fully saturated rings. The summed E-state index contributed by atoms with van der Waals surface area (Å²) in [7, 11) is 3.49. The molecule has 0 N–H and O–H groups in total. The maximum absolute atomic E-state index is 14.8. The number of rotatable bonds is 2. The molecule has 1 unspecified atom stereocenters. The highest BCUT2D eigenvalue weighted by molar-refractivity contribution is 6.25. The molecule has 0 saturated carbocycles. The van der Waals surface area contributed by atoms with Crippen molar-refractivity contribution in [3.05, 3.63) is 64.7 Å². The highest BCUT2D eigenvalue weighted by Crippen LogP contribution is 2.57. The molecule has 0 bridgehead atoms. The van der Waals surface area contributed by atoms with Gasteiger partial charge in [-0.25, -0.2) is 13.6 Å². The maximum atomic E-state index is 14.8. The third-order valence-corrected chi connectivity index (χ3v) is 4.95. The number of benzene rings is 2. The molecule has 122 valence electrons. The molecule has 2 heterocycles. The third-order valence-electron chi connectivity index (χ3n) is 4.95. The number of hydrogen-bond acceptors (Lipinski definition) is 2. The van der Waals surface area contributed by atoms with Crippen LogP contribution in [0.2, 0.25) is 0 Å². The van der Waals surface area contributed by atoms with Crippen molar-refractivity contribution in [2.75, 3.05) is 14.1 Å². The summed E-state index contributed by atoms with van der Waals surface area (Å²) in [6, 6.07) is 9.50. The Morgan fingerprint density at radius 2 is 1.71 bits per heavy atom. The number of amides is 1. The fourth-order valence-corrected chi connectivity index (χ4v) is 4.09. The number of carbonyl (C=O) groups excluding carboxylic acids is 1. The van der Waals surface area contributed by atoms with Gasteiger partial charge in [0.1, 0.15) is 5.82 Å². The summed E-state index contributed by atoms with van der Waals surface area (Å²) in [4.78, 5) is 13.3. The second kappa shape index (κ2) is 4.82. The summed E-state index contributed by atoms with van der Waals surface area (Å²) < 4.78 is 28.4. The zero-order chi connectivity index (χ0) is 17.2. The average Bonchev–Trinajstić information content (AvgIpc) is 2.97. The molecule has 2 aromatic rings. The first-order valence-electron chi connectivity index (χ1n) is 7.89. The molecule has 3 nitrogen and oxygen atoms in total. The van der Waals surface area contributed by atoms with Crippen LogP contribution in [0.5, 0.6) is 0 Å². The minimum absolute atomic E-state index is 0.208. The lowest BCUT2D eigenvalue weighted by molar-refractivity contribution is 0.0536. The van der Waals surface area contributed by atoms with Crippen molar-refractivity contribution in [1.29, 1.82) is 0 Å². The van der Waals surface area contributed by atoms with Crippen LogP contribution >= 0.6 is 0 Å². The van der Waals surface area contributed by atoms with Crippen molar-refractivity contribution in [3.8, 4) is 0 Å². The molecule has 0 aromatic heterocycles. The third kappa shape index (κ3) is 1.53. The molecule has 0 radical (unpaired) electrons. The Balaban J connectivity index is 2.21. The van der Waals surface area contributed by atoms with E-state index in [4.69, 9.17) is 0 Å². The van der Waals surface area contributed by atoms with Gasteiger partial charge in [0.05, 0.1) is 16.7 Å². The van der Waals surface area contributed by atoms with Gasteiger partial charge in [-0.3, -0.25) is 0 Å². The zero-order valence-electron chi connectivity index (χ0n) is 13.7. The molecule has 5 heteroatoms. The number of fused-ring (bicyclic) bond motifs is 5. The van der Waals surface area contributed by atoms with Crippen LogP contribution in [0.1, 0.15) is 34.8 Å². The smallest absolute Gasteiger partial charge is 0.222 e. The monoisotopic (exact) mass is 327 g/mol. The second-order valence-corrected chi connectivity index (χ2v) is 6.30. The van der Waals surface area contributed by atoms with Crippen molar-refractivity contribution in [2.45, 2.75) is 13.3 Å². The fourth-order valence-electron chi connectivity index (χ4n) is 4.09. The van der Waals surface area contributed by atoms with E-state index in [1.54, 1.807) is 31.2 Å². The van der Waals surface area contributed by atoms with Gasteiger partial charge >= 0.3 is 5.91 Å². The van der Waals surface area contributed by atoms with E-state index in [1.807, 2.05) is 19.1 Å². The minimum atomic E-state index is -0.694. The number of nitrogens with zero attached hydrogens (tertiary/aromatic N) is 2. The van der Waals surface area contributed by atoms with Crippen LogP contribution in [-0.4, -0.2) is 25.0 Å².